The van der Waals surface area contributed by atoms with Gasteiger partial charge in [-0.2, -0.15) is 0 Å². The van der Waals surface area contributed by atoms with Crippen LogP contribution in [-0.2, 0) is 12.8 Å². The summed E-state index contributed by atoms with van der Waals surface area (Å²) in [5.74, 6) is 0.0144. The van der Waals surface area contributed by atoms with E-state index in [1.807, 2.05) is 18.2 Å². The van der Waals surface area contributed by atoms with Gasteiger partial charge in [0.15, 0.2) is 4.96 Å². The van der Waals surface area contributed by atoms with E-state index in [0.717, 1.165) is 23.4 Å². The SMILES string of the molecule is O=C(/C=C/c1ccc2ccccc2c1)c1cnc2sc3c(n12)CCCCC3. The predicted octanol–water partition coefficient (Wildman–Crippen LogP) is 5.71. The van der Waals surface area contributed by atoms with Crippen molar-refractivity contribution in [2.45, 2.75) is 32.1 Å². The van der Waals surface area contributed by atoms with E-state index in [2.05, 4.69) is 39.7 Å². The molecular weight excluding hydrogens is 352 g/mol. The predicted molar refractivity (Wildman–Crippen MR) is 112 cm³/mol. The molecule has 0 atom stereocenters. The number of hydrogen-bond donors (Lipinski definition) is 0. The molecule has 0 radical (unpaired) electrons. The van der Waals surface area contributed by atoms with Gasteiger partial charge in [0.2, 0.25) is 5.78 Å². The molecule has 3 nitrogen and oxygen atoms in total. The van der Waals surface area contributed by atoms with Crippen LogP contribution in [0.5, 0.6) is 0 Å². The maximum atomic E-state index is 12.9. The summed E-state index contributed by atoms with van der Waals surface area (Å²) in [6.45, 7) is 0. The monoisotopic (exact) mass is 372 g/mol. The van der Waals surface area contributed by atoms with Crippen LogP contribution < -0.4 is 0 Å². The first-order valence-corrected chi connectivity index (χ1v) is 10.3. The first kappa shape index (κ1) is 16.5. The van der Waals surface area contributed by atoms with Crippen molar-refractivity contribution in [3.05, 3.63) is 76.6 Å². The van der Waals surface area contributed by atoms with Crippen LogP contribution in [0, 0.1) is 0 Å². The molecule has 2 aromatic heterocycles. The number of allylic oxidation sites excluding steroid dienone is 1. The van der Waals surface area contributed by atoms with Gasteiger partial charge in [-0.05, 0) is 54.2 Å². The number of nitrogens with zero attached hydrogens (tertiary/aromatic N) is 2. The van der Waals surface area contributed by atoms with Crippen molar-refractivity contribution >= 4 is 38.9 Å². The van der Waals surface area contributed by atoms with Crippen LogP contribution >= 0.6 is 11.3 Å². The van der Waals surface area contributed by atoms with E-state index in [4.69, 9.17) is 0 Å². The van der Waals surface area contributed by atoms with Crippen LogP contribution in [-0.4, -0.2) is 15.2 Å². The van der Waals surface area contributed by atoms with Crippen LogP contribution in [0.4, 0.5) is 0 Å². The second-order valence-corrected chi connectivity index (χ2v) is 8.16. The number of carbonyl (C=O) groups excluding carboxylic acids is 1. The molecule has 1 aliphatic rings. The molecule has 0 N–H and O–H groups in total. The first-order valence-electron chi connectivity index (χ1n) is 9.49. The highest BCUT2D eigenvalue weighted by atomic mass is 32.1. The lowest BCUT2D eigenvalue weighted by atomic mass is 10.1. The van der Waals surface area contributed by atoms with Crippen LogP contribution in [0.15, 0.2) is 54.7 Å². The molecule has 0 amide bonds. The van der Waals surface area contributed by atoms with Gasteiger partial charge in [-0.25, -0.2) is 4.98 Å². The summed E-state index contributed by atoms with van der Waals surface area (Å²) in [5, 5.41) is 2.39. The fourth-order valence-corrected chi connectivity index (χ4v) is 5.09. The Morgan fingerprint density at radius 2 is 1.89 bits per heavy atom. The number of rotatable bonds is 3. The van der Waals surface area contributed by atoms with E-state index in [1.165, 1.54) is 40.6 Å². The number of benzene rings is 2. The largest absolute Gasteiger partial charge is 0.288 e. The molecule has 0 fully saturated rings. The van der Waals surface area contributed by atoms with E-state index < -0.39 is 0 Å². The number of hydrogen-bond acceptors (Lipinski definition) is 3. The van der Waals surface area contributed by atoms with Crippen molar-refractivity contribution < 1.29 is 4.79 Å². The topological polar surface area (TPSA) is 34.4 Å². The second kappa shape index (κ2) is 6.78. The Kier molecular flexibility index (Phi) is 4.13. The standard InChI is InChI=1S/C23H20N2OS/c26-21(13-11-16-10-12-17-6-4-5-7-18(17)14-16)20-15-24-23-25(20)19-8-2-1-3-9-22(19)27-23/h4-7,10-15H,1-3,8-9H2/b13-11+. The van der Waals surface area contributed by atoms with E-state index in [0.29, 0.717) is 5.69 Å². The molecule has 0 aliphatic heterocycles. The molecule has 5 rings (SSSR count). The Bertz CT molecular complexity index is 1180. The Morgan fingerprint density at radius 3 is 2.81 bits per heavy atom. The quantitative estimate of drug-likeness (QED) is 0.262. The number of ketones is 1. The fraction of sp³-hybridized carbons (Fsp3) is 0.217. The number of imidazole rings is 1. The minimum Gasteiger partial charge on any atom is -0.288 e. The summed E-state index contributed by atoms with van der Waals surface area (Å²) in [4.78, 5) is 19.7. The zero-order valence-corrected chi connectivity index (χ0v) is 15.8. The lowest BCUT2D eigenvalue weighted by molar-refractivity contribution is 0.104. The molecule has 27 heavy (non-hydrogen) atoms. The highest BCUT2D eigenvalue weighted by Crippen LogP contribution is 2.30. The molecule has 134 valence electrons. The maximum Gasteiger partial charge on any atom is 0.204 e. The van der Waals surface area contributed by atoms with Crippen LogP contribution in [0.25, 0.3) is 21.8 Å². The van der Waals surface area contributed by atoms with E-state index in [1.54, 1.807) is 23.6 Å². The van der Waals surface area contributed by atoms with Gasteiger partial charge in [-0.1, -0.05) is 48.9 Å². The van der Waals surface area contributed by atoms with Gasteiger partial charge in [-0.3, -0.25) is 9.20 Å². The summed E-state index contributed by atoms with van der Waals surface area (Å²) in [6.07, 6.45) is 11.2. The van der Waals surface area contributed by atoms with Crippen molar-refractivity contribution in [1.29, 1.82) is 0 Å². The number of aryl methyl sites for hydroxylation is 2. The summed E-state index contributed by atoms with van der Waals surface area (Å²) in [6, 6.07) is 14.5. The van der Waals surface area contributed by atoms with Crippen LogP contribution in [0.2, 0.25) is 0 Å². The maximum absolute atomic E-state index is 12.9. The van der Waals surface area contributed by atoms with Crippen LogP contribution in [0.3, 0.4) is 0 Å². The average molecular weight is 372 g/mol. The lowest BCUT2D eigenvalue weighted by Crippen LogP contribution is -2.03. The van der Waals surface area contributed by atoms with E-state index in [9.17, 15) is 4.79 Å². The summed E-state index contributed by atoms with van der Waals surface area (Å²) >= 11 is 1.74. The normalized spacial score (nSPS) is 14.7. The Labute approximate surface area is 162 Å². The van der Waals surface area contributed by atoms with Gasteiger partial charge >= 0.3 is 0 Å². The van der Waals surface area contributed by atoms with Gasteiger partial charge < -0.3 is 0 Å². The summed E-state index contributed by atoms with van der Waals surface area (Å²) < 4.78 is 2.10. The van der Waals surface area contributed by atoms with E-state index in [-0.39, 0.29) is 5.78 Å². The zero-order chi connectivity index (χ0) is 18.2. The first-order chi connectivity index (χ1) is 13.3. The molecule has 0 unspecified atom stereocenters. The number of fused-ring (bicyclic) bond motifs is 4. The Morgan fingerprint density at radius 1 is 1.04 bits per heavy atom. The third-order valence-electron chi connectivity index (χ3n) is 5.31. The molecule has 0 saturated heterocycles. The summed E-state index contributed by atoms with van der Waals surface area (Å²) in [7, 11) is 0. The third-order valence-corrected chi connectivity index (χ3v) is 6.46. The molecule has 0 bridgehead atoms. The van der Waals surface area contributed by atoms with Crippen LogP contribution in [0.1, 0.15) is 45.9 Å². The number of thiazole rings is 1. The van der Waals surface area contributed by atoms with Gasteiger partial charge in [-0.15, -0.1) is 11.3 Å². The van der Waals surface area contributed by atoms with Crippen molar-refractivity contribution in [2.75, 3.05) is 0 Å². The van der Waals surface area contributed by atoms with Crippen molar-refractivity contribution in [1.82, 2.24) is 9.38 Å². The molecule has 1 aliphatic carbocycles. The Hall–Kier alpha value is -2.72. The Balaban J connectivity index is 1.48. The lowest BCUT2D eigenvalue weighted by Gasteiger charge is -2.02. The van der Waals surface area contributed by atoms with Gasteiger partial charge in [0.05, 0.1) is 6.20 Å². The molecule has 0 spiro atoms. The minimum atomic E-state index is 0.0144. The average Bonchev–Trinajstić information content (AvgIpc) is 3.17. The highest BCUT2D eigenvalue weighted by molar-refractivity contribution is 7.17. The molecule has 2 aromatic carbocycles. The molecule has 4 heteroatoms. The number of carbonyl (C=O) groups is 1. The zero-order valence-electron chi connectivity index (χ0n) is 15.0. The highest BCUT2D eigenvalue weighted by Gasteiger charge is 2.20. The molecule has 2 heterocycles. The molecular formula is C23H20N2OS. The van der Waals surface area contributed by atoms with Gasteiger partial charge in [0.1, 0.15) is 5.69 Å². The third kappa shape index (κ3) is 3.00. The van der Waals surface area contributed by atoms with Gasteiger partial charge in [0.25, 0.3) is 0 Å². The van der Waals surface area contributed by atoms with Gasteiger partial charge in [0, 0.05) is 10.6 Å². The van der Waals surface area contributed by atoms with Crippen molar-refractivity contribution in [2.24, 2.45) is 0 Å². The second-order valence-electron chi connectivity index (χ2n) is 7.10. The van der Waals surface area contributed by atoms with Crippen molar-refractivity contribution in [3.8, 4) is 0 Å². The molecule has 0 saturated carbocycles. The fourth-order valence-electron chi connectivity index (χ4n) is 3.91. The smallest absolute Gasteiger partial charge is 0.204 e. The number of aromatic nitrogens is 2. The minimum absolute atomic E-state index is 0.0144. The molecule has 4 aromatic rings. The van der Waals surface area contributed by atoms with E-state index >= 15 is 0 Å². The van der Waals surface area contributed by atoms with Crippen molar-refractivity contribution in [3.63, 3.8) is 0 Å². The summed E-state index contributed by atoms with van der Waals surface area (Å²) in [5.41, 5.74) is 3.01.